The maximum absolute atomic E-state index is 15.0. The third kappa shape index (κ3) is 5.55. The van der Waals surface area contributed by atoms with Crippen LogP contribution in [0.2, 0.25) is 0 Å². The van der Waals surface area contributed by atoms with Crippen LogP contribution in [-0.4, -0.2) is 67.5 Å². The van der Waals surface area contributed by atoms with Crippen molar-refractivity contribution in [2.75, 3.05) is 49.1 Å². The van der Waals surface area contributed by atoms with Crippen molar-refractivity contribution >= 4 is 23.4 Å². The lowest BCUT2D eigenvalue weighted by molar-refractivity contribution is -0.155. The zero-order valence-electron chi connectivity index (χ0n) is 18.2. The number of anilines is 2. The summed E-state index contributed by atoms with van der Waals surface area (Å²) in [4.78, 5) is 36.0. The van der Waals surface area contributed by atoms with Gasteiger partial charge >= 0.3 is 6.09 Å². The summed E-state index contributed by atoms with van der Waals surface area (Å²) in [5, 5.41) is 4.29. The highest BCUT2D eigenvalue weighted by atomic mass is 19.1. The SMILES string of the molecule is CC(=O)NC[C@H]1CN(c2cc(F)c(N3CCON(Cc4ccccn4)CC3)c(F)c2)C(=O)O1. The molecule has 11 heteroatoms. The number of rotatable bonds is 6. The molecule has 2 aromatic rings. The summed E-state index contributed by atoms with van der Waals surface area (Å²) in [5.41, 5.74) is 0.735. The number of carbonyl (C=O) groups is 2. The van der Waals surface area contributed by atoms with Crippen molar-refractivity contribution in [2.45, 2.75) is 19.6 Å². The predicted octanol–water partition coefficient (Wildman–Crippen LogP) is 2.07. The van der Waals surface area contributed by atoms with Gasteiger partial charge in [0, 0.05) is 44.9 Å². The van der Waals surface area contributed by atoms with Gasteiger partial charge in [-0.1, -0.05) is 6.07 Å². The topological polar surface area (TPSA) is 87.2 Å². The number of ether oxygens (including phenoxy) is 1. The second-order valence-electron chi connectivity index (χ2n) is 7.82. The summed E-state index contributed by atoms with van der Waals surface area (Å²) in [7, 11) is 0. The van der Waals surface area contributed by atoms with Crippen LogP contribution in [0.1, 0.15) is 12.6 Å². The number of nitrogens with zero attached hydrogens (tertiary/aromatic N) is 4. The van der Waals surface area contributed by atoms with Crippen molar-refractivity contribution in [3.8, 4) is 0 Å². The van der Waals surface area contributed by atoms with Gasteiger partial charge in [-0.05, 0) is 12.1 Å². The van der Waals surface area contributed by atoms with E-state index in [-0.39, 0.29) is 37.0 Å². The number of nitrogens with one attached hydrogen (secondary N) is 1. The fourth-order valence-electron chi connectivity index (χ4n) is 3.82. The number of aromatic nitrogens is 1. The van der Waals surface area contributed by atoms with E-state index in [4.69, 9.17) is 9.57 Å². The summed E-state index contributed by atoms with van der Waals surface area (Å²) >= 11 is 0. The van der Waals surface area contributed by atoms with Crippen molar-refractivity contribution in [2.24, 2.45) is 0 Å². The molecule has 1 aromatic heterocycles. The highest BCUT2D eigenvalue weighted by Gasteiger charge is 2.34. The lowest BCUT2D eigenvalue weighted by atomic mass is 10.2. The van der Waals surface area contributed by atoms with Crippen LogP contribution in [0.4, 0.5) is 25.0 Å². The third-order valence-corrected chi connectivity index (χ3v) is 5.40. The molecule has 0 unspecified atom stereocenters. The Morgan fingerprint density at radius 3 is 2.70 bits per heavy atom. The molecular formula is C22H25F2N5O4. The van der Waals surface area contributed by atoms with Crippen LogP contribution < -0.4 is 15.1 Å². The molecule has 4 rings (SSSR count). The Labute approximate surface area is 189 Å². The number of pyridine rings is 1. The van der Waals surface area contributed by atoms with Crippen LogP contribution in [0.25, 0.3) is 0 Å². The number of cyclic esters (lactones) is 1. The van der Waals surface area contributed by atoms with E-state index >= 15 is 8.78 Å². The van der Waals surface area contributed by atoms with Crippen molar-refractivity contribution in [3.63, 3.8) is 0 Å². The van der Waals surface area contributed by atoms with Crippen molar-refractivity contribution < 1.29 is 27.9 Å². The molecular weight excluding hydrogens is 436 g/mol. The van der Waals surface area contributed by atoms with Crippen LogP contribution in [0.15, 0.2) is 36.5 Å². The highest BCUT2D eigenvalue weighted by Crippen LogP contribution is 2.31. The number of amides is 2. The van der Waals surface area contributed by atoms with E-state index in [1.807, 2.05) is 18.2 Å². The maximum atomic E-state index is 15.0. The molecule has 2 fully saturated rings. The minimum atomic E-state index is -0.777. The molecule has 2 saturated heterocycles. The van der Waals surface area contributed by atoms with E-state index in [0.29, 0.717) is 26.2 Å². The molecule has 176 valence electrons. The Bertz CT molecular complexity index is 987. The van der Waals surface area contributed by atoms with Gasteiger partial charge in [-0.2, -0.15) is 5.06 Å². The molecule has 1 N–H and O–H groups in total. The Kier molecular flexibility index (Phi) is 6.99. The Morgan fingerprint density at radius 1 is 1.21 bits per heavy atom. The van der Waals surface area contributed by atoms with Crippen LogP contribution in [0.3, 0.4) is 0 Å². The first kappa shape index (κ1) is 22.9. The standard InChI is InChI=1S/C22H25F2N5O4/c1-15(30)26-12-18-14-29(22(31)33-18)17-10-19(23)21(20(24)11-17)27-6-7-28(32-9-8-27)13-16-4-2-3-5-25-16/h2-5,10-11,18H,6-9,12-14H2,1H3,(H,26,30)/t18-/m0/s1. The fourth-order valence-corrected chi connectivity index (χ4v) is 3.82. The maximum Gasteiger partial charge on any atom is 0.414 e. The van der Waals surface area contributed by atoms with Gasteiger partial charge in [-0.3, -0.25) is 19.5 Å². The average molecular weight is 461 g/mol. The van der Waals surface area contributed by atoms with Crippen LogP contribution in [0, 0.1) is 11.6 Å². The molecule has 2 aliphatic rings. The molecule has 1 atom stereocenters. The molecule has 0 bridgehead atoms. The third-order valence-electron chi connectivity index (χ3n) is 5.40. The minimum Gasteiger partial charge on any atom is -0.442 e. The predicted molar refractivity (Wildman–Crippen MR) is 115 cm³/mol. The second-order valence-corrected chi connectivity index (χ2v) is 7.82. The first-order chi connectivity index (χ1) is 15.9. The van der Waals surface area contributed by atoms with Gasteiger partial charge in [-0.15, -0.1) is 0 Å². The number of benzene rings is 1. The Balaban J connectivity index is 1.43. The number of carbonyl (C=O) groups excluding carboxylic acids is 2. The minimum absolute atomic E-state index is 0.0620. The highest BCUT2D eigenvalue weighted by molar-refractivity contribution is 5.90. The van der Waals surface area contributed by atoms with Gasteiger partial charge in [0.05, 0.1) is 37.6 Å². The van der Waals surface area contributed by atoms with Gasteiger partial charge in [0.15, 0.2) is 11.6 Å². The van der Waals surface area contributed by atoms with Gasteiger partial charge in [0.25, 0.3) is 0 Å². The second kappa shape index (κ2) is 10.1. The van der Waals surface area contributed by atoms with E-state index in [1.54, 1.807) is 16.2 Å². The number of hydroxylamine groups is 2. The molecule has 9 nitrogen and oxygen atoms in total. The monoisotopic (exact) mass is 461 g/mol. The van der Waals surface area contributed by atoms with Gasteiger partial charge in [0.1, 0.15) is 11.8 Å². The molecule has 3 heterocycles. The van der Waals surface area contributed by atoms with Crippen molar-refractivity contribution in [1.29, 1.82) is 0 Å². The summed E-state index contributed by atoms with van der Waals surface area (Å²) in [6, 6.07) is 7.84. The zero-order valence-corrected chi connectivity index (χ0v) is 18.2. The number of hydrogen-bond donors (Lipinski definition) is 1. The summed E-state index contributed by atoms with van der Waals surface area (Å²) < 4.78 is 35.2. The van der Waals surface area contributed by atoms with Crippen LogP contribution in [-0.2, 0) is 20.9 Å². The Hall–Kier alpha value is -3.31. The lowest BCUT2D eigenvalue weighted by Gasteiger charge is -2.24. The van der Waals surface area contributed by atoms with Gasteiger partial charge in [-0.25, -0.2) is 13.6 Å². The van der Waals surface area contributed by atoms with Crippen LogP contribution in [0.5, 0.6) is 0 Å². The molecule has 0 saturated carbocycles. The normalized spacial score (nSPS) is 19.4. The van der Waals surface area contributed by atoms with Crippen molar-refractivity contribution in [3.05, 3.63) is 53.9 Å². The molecule has 0 aliphatic carbocycles. The lowest BCUT2D eigenvalue weighted by Crippen LogP contribution is -2.33. The Morgan fingerprint density at radius 2 is 2.00 bits per heavy atom. The molecule has 33 heavy (non-hydrogen) atoms. The number of hydrogen-bond acceptors (Lipinski definition) is 7. The average Bonchev–Trinajstić information content (AvgIpc) is 3.01. The summed E-state index contributed by atoms with van der Waals surface area (Å²) in [6.07, 6.45) is 0.384. The van der Waals surface area contributed by atoms with Gasteiger partial charge in [0.2, 0.25) is 5.91 Å². The smallest absolute Gasteiger partial charge is 0.414 e. The van der Waals surface area contributed by atoms with E-state index in [0.717, 1.165) is 22.7 Å². The molecule has 2 amide bonds. The first-order valence-corrected chi connectivity index (χ1v) is 10.6. The molecule has 1 aromatic carbocycles. The molecule has 0 spiro atoms. The summed E-state index contributed by atoms with van der Waals surface area (Å²) in [6.45, 7) is 3.37. The fraction of sp³-hybridized carbons (Fsp3) is 0.409. The van der Waals surface area contributed by atoms with Gasteiger partial charge < -0.3 is 15.0 Å². The van der Waals surface area contributed by atoms with E-state index in [9.17, 15) is 9.59 Å². The van der Waals surface area contributed by atoms with E-state index in [2.05, 4.69) is 10.3 Å². The number of halogens is 2. The van der Waals surface area contributed by atoms with E-state index < -0.39 is 23.8 Å². The van der Waals surface area contributed by atoms with E-state index in [1.165, 1.54) is 6.92 Å². The van der Waals surface area contributed by atoms with Crippen molar-refractivity contribution in [1.82, 2.24) is 15.4 Å². The molecule has 2 aliphatic heterocycles. The quantitative estimate of drug-likeness (QED) is 0.705. The molecule has 0 radical (unpaired) electrons. The first-order valence-electron chi connectivity index (χ1n) is 10.6. The largest absolute Gasteiger partial charge is 0.442 e. The van der Waals surface area contributed by atoms with Crippen LogP contribution >= 0.6 is 0 Å². The summed E-state index contributed by atoms with van der Waals surface area (Å²) in [5.74, 6) is -1.81. The zero-order chi connectivity index (χ0) is 23.4.